The van der Waals surface area contributed by atoms with Crippen molar-refractivity contribution in [2.75, 3.05) is 17.6 Å². The average molecular weight is 213 g/mol. The predicted molar refractivity (Wildman–Crippen MR) is 58.2 cm³/mol. The van der Waals surface area contributed by atoms with E-state index in [1.807, 2.05) is 13.8 Å². The molecule has 0 aliphatic carbocycles. The summed E-state index contributed by atoms with van der Waals surface area (Å²) in [4.78, 5) is 0. The molecular formula is C8H11N3S2. The van der Waals surface area contributed by atoms with Crippen molar-refractivity contribution >= 4 is 28.2 Å². The van der Waals surface area contributed by atoms with E-state index in [1.54, 1.807) is 23.1 Å². The number of nitrogens with zero attached hydrogens (tertiary/aromatic N) is 2. The van der Waals surface area contributed by atoms with Crippen LogP contribution in [0.3, 0.4) is 0 Å². The maximum atomic E-state index is 4.01. The molecule has 0 aromatic carbocycles. The Balaban J connectivity index is 2.42. The molecule has 0 bridgehead atoms. The van der Waals surface area contributed by atoms with Crippen molar-refractivity contribution in [2.24, 2.45) is 0 Å². The van der Waals surface area contributed by atoms with Crippen molar-refractivity contribution in [3.63, 3.8) is 0 Å². The van der Waals surface area contributed by atoms with E-state index in [1.165, 1.54) is 0 Å². The van der Waals surface area contributed by atoms with Crippen molar-refractivity contribution in [3.05, 3.63) is 0 Å². The fourth-order valence-corrected chi connectivity index (χ4v) is 2.29. The van der Waals surface area contributed by atoms with Crippen molar-refractivity contribution in [3.8, 4) is 11.8 Å². The lowest BCUT2D eigenvalue weighted by Crippen LogP contribution is -1.94. The minimum Gasteiger partial charge on any atom is -0.360 e. The van der Waals surface area contributed by atoms with E-state index in [2.05, 4.69) is 27.4 Å². The molecule has 13 heavy (non-hydrogen) atoms. The standard InChI is InChI=1S/C8H11N3S2/c1-3-5-6-12-8-11-10-7(13-8)9-4-2/h4,6H2,1-2H3,(H,9,10). The fourth-order valence-electron chi connectivity index (χ4n) is 0.661. The van der Waals surface area contributed by atoms with E-state index in [9.17, 15) is 0 Å². The summed E-state index contributed by atoms with van der Waals surface area (Å²) in [5.41, 5.74) is 0. The first-order chi connectivity index (χ1) is 6.36. The zero-order chi connectivity index (χ0) is 9.52. The smallest absolute Gasteiger partial charge is 0.206 e. The fraction of sp³-hybridized carbons (Fsp3) is 0.500. The van der Waals surface area contributed by atoms with E-state index in [4.69, 9.17) is 0 Å². The first kappa shape index (κ1) is 10.4. The molecule has 1 heterocycles. The summed E-state index contributed by atoms with van der Waals surface area (Å²) in [6.45, 7) is 4.76. The highest BCUT2D eigenvalue weighted by Crippen LogP contribution is 2.24. The Bertz CT molecular complexity index is 311. The highest BCUT2D eigenvalue weighted by Gasteiger charge is 2.01. The van der Waals surface area contributed by atoms with Gasteiger partial charge in [0.15, 0.2) is 4.34 Å². The number of rotatable bonds is 4. The van der Waals surface area contributed by atoms with Gasteiger partial charge in [0.2, 0.25) is 5.13 Å². The second-order valence-corrected chi connectivity index (χ2v) is 4.32. The molecule has 70 valence electrons. The predicted octanol–water partition coefficient (Wildman–Crippen LogP) is 2.09. The normalized spacial score (nSPS) is 9.08. The maximum absolute atomic E-state index is 4.01. The third-order valence-electron chi connectivity index (χ3n) is 1.18. The molecule has 3 nitrogen and oxygen atoms in total. The number of anilines is 1. The number of thioether (sulfide) groups is 1. The third kappa shape index (κ3) is 3.66. The molecule has 0 saturated carbocycles. The minimum atomic E-state index is 0.789. The highest BCUT2D eigenvalue weighted by atomic mass is 32.2. The molecular weight excluding hydrogens is 202 g/mol. The molecule has 1 N–H and O–H groups in total. The topological polar surface area (TPSA) is 37.8 Å². The highest BCUT2D eigenvalue weighted by molar-refractivity contribution is 8.01. The lowest BCUT2D eigenvalue weighted by atomic mass is 10.7. The Labute approximate surface area is 86.3 Å². The number of aromatic nitrogens is 2. The van der Waals surface area contributed by atoms with Crippen LogP contribution in [-0.4, -0.2) is 22.5 Å². The Morgan fingerprint density at radius 3 is 3.08 bits per heavy atom. The molecule has 0 spiro atoms. The van der Waals surface area contributed by atoms with Crippen LogP contribution in [0.25, 0.3) is 0 Å². The summed E-state index contributed by atoms with van der Waals surface area (Å²) in [5, 5.41) is 12.0. The lowest BCUT2D eigenvalue weighted by Gasteiger charge is -1.91. The van der Waals surface area contributed by atoms with Gasteiger partial charge in [0.1, 0.15) is 0 Å². The van der Waals surface area contributed by atoms with E-state index in [-0.39, 0.29) is 0 Å². The quantitative estimate of drug-likeness (QED) is 0.614. The second-order valence-electron chi connectivity index (χ2n) is 2.12. The van der Waals surface area contributed by atoms with Crippen molar-refractivity contribution in [2.45, 2.75) is 18.2 Å². The Hall–Kier alpha value is -0.730. The summed E-state index contributed by atoms with van der Waals surface area (Å²) in [6.07, 6.45) is 0. The maximum Gasteiger partial charge on any atom is 0.206 e. The minimum absolute atomic E-state index is 0.789. The molecule has 0 unspecified atom stereocenters. The molecule has 1 aromatic rings. The van der Waals surface area contributed by atoms with Crippen LogP contribution in [0, 0.1) is 11.8 Å². The third-order valence-corrected chi connectivity index (χ3v) is 3.08. The van der Waals surface area contributed by atoms with Crippen molar-refractivity contribution in [1.29, 1.82) is 0 Å². The van der Waals surface area contributed by atoms with Crippen LogP contribution in [0.4, 0.5) is 5.13 Å². The zero-order valence-corrected chi connectivity index (χ0v) is 9.26. The van der Waals surface area contributed by atoms with Crippen LogP contribution >= 0.6 is 23.1 Å². The SMILES string of the molecule is CC#CCSc1nnc(NCC)s1. The van der Waals surface area contributed by atoms with E-state index in [0.29, 0.717) is 0 Å². The van der Waals surface area contributed by atoms with Crippen LogP contribution in [0.1, 0.15) is 13.8 Å². The van der Waals surface area contributed by atoms with Gasteiger partial charge in [-0.25, -0.2) is 0 Å². The molecule has 0 amide bonds. The Morgan fingerprint density at radius 2 is 2.38 bits per heavy atom. The van der Waals surface area contributed by atoms with Crippen LogP contribution in [0.2, 0.25) is 0 Å². The Morgan fingerprint density at radius 1 is 1.54 bits per heavy atom. The molecule has 0 radical (unpaired) electrons. The van der Waals surface area contributed by atoms with Crippen LogP contribution in [-0.2, 0) is 0 Å². The second kappa shape index (κ2) is 5.84. The molecule has 0 aliphatic heterocycles. The van der Waals surface area contributed by atoms with Gasteiger partial charge in [-0.2, -0.15) is 0 Å². The van der Waals surface area contributed by atoms with Crippen molar-refractivity contribution < 1.29 is 0 Å². The zero-order valence-electron chi connectivity index (χ0n) is 7.63. The van der Waals surface area contributed by atoms with Gasteiger partial charge in [0.05, 0.1) is 5.75 Å². The van der Waals surface area contributed by atoms with Crippen LogP contribution in [0.5, 0.6) is 0 Å². The number of hydrogen-bond acceptors (Lipinski definition) is 5. The van der Waals surface area contributed by atoms with Gasteiger partial charge < -0.3 is 5.32 Å². The molecule has 0 atom stereocenters. The van der Waals surface area contributed by atoms with Gasteiger partial charge >= 0.3 is 0 Å². The van der Waals surface area contributed by atoms with Crippen LogP contribution < -0.4 is 5.32 Å². The van der Waals surface area contributed by atoms with E-state index >= 15 is 0 Å². The summed E-state index contributed by atoms with van der Waals surface area (Å²) in [5.74, 6) is 6.60. The number of hydrogen-bond donors (Lipinski definition) is 1. The van der Waals surface area contributed by atoms with Gasteiger partial charge in [0.25, 0.3) is 0 Å². The largest absolute Gasteiger partial charge is 0.360 e. The van der Waals surface area contributed by atoms with Gasteiger partial charge in [-0.15, -0.1) is 16.1 Å². The first-order valence-corrected chi connectivity index (χ1v) is 5.76. The summed E-state index contributed by atoms with van der Waals surface area (Å²) >= 11 is 3.19. The summed E-state index contributed by atoms with van der Waals surface area (Å²) in [6, 6.07) is 0. The van der Waals surface area contributed by atoms with Gasteiger partial charge in [-0.1, -0.05) is 29.0 Å². The average Bonchev–Trinajstić information content (AvgIpc) is 2.54. The van der Waals surface area contributed by atoms with E-state index in [0.717, 1.165) is 21.8 Å². The van der Waals surface area contributed by atoms with Gasteiger partial charge in [-0.05, 0) is 13.8 Å². The Kier molecular flexibility index (Phi) is 4.65. The molecule has 5 heteroatoms. The molecule has 1 rings (SSSR count). The molecule has 1 aromatic heterocycles. The molecule has 0 aliphatic rings. The first-order valence-electron chi connectivity index (χ1n) is 3.96. The van der Waals surface area contributed by atoms with Gasteiger partial charge in [-0.3, -0.25) is 0 Å². The van der Waals surface area contributed by atoms with Crippen molar-refractivity contribution in [1.82, 2.24) is 10.2 Å². The lowest BCUT2D eigenvalue weighted by molar-refractivity contribution is 1.00. The number of nitrogens with one attached hydrogen (secondary N) is 1. The summed E-state index contributed by atoms with van der Waals surface area (Å²) < 4.78 is 0.971. The molecule has 0 fully saturated rings. The van der Waals surface area contributed by atoms with Gasteiger partial charge in [0, 0.05) is 6.54 Å². The van der Waals surface area contributed by atoms with E-state index < -0.39 is 0 Å². The monoisotopic (exact) mass is 213 g/mol. The summed E-state index contributed by atoms with van der Waals surface area (Å²) in [7, 11) is 0. The molecule has 0 saturated heterocycles. The van der Waals surface area contributed by atoms with Crippen LogP contribution in [0.15, 0.2) is 4.34 Å².